The van der Waals surface area contributed by atoms with Gasteiger partial charge in [0.2, 0.25) is 0 Å². The van der Waals surface area contributed by atoms with Crippen molar-refractivity contribution in [1.82, 2.24) is 19.1 Å². The van der Waals surface area contributed by atoms with E-state index < -0.39 is 49.0 Å². The highest BCUT2D eigenvalue weighted by atomic mass is 28.3. The molecule has 0 unspecified atom stereocenters. The lowest BCUT2D eigenvalue weighted by molar-refractivity contribution is -0.0459. The number of aliphatic hydroxyl groups excluding tert-OH is 2. The lowest BCUT2D eigenvalue weighted by Gasteiger charge is -2.15. The number of hydrogen-bond donors (Lipinski definition) is 4. The van der Waals surface area contributed by atoms with Crippen LogP contribution in [-0.2, 0) is 9.47 Å². The van der Waals surface area contributed by atoms with Gasteiger partial charge in [0, 0.05) is 18.8 Å². The van der Waals surface area contributed by atoms with E-state index in [4.69, 9.17) is 21.0 Å². The topological polar surface area (TPSA) is 169 Å². The van der Waals surface area contributed by atoms with Crippen molar-refractivity contribution >= 4 is 8.07 Å². The Morgan fingerprint density at radius 2 is 1.42 bits per heavy atom. The number of aliphatic hydroxyl groups is 2. The highest BCUT2D eigenvalue weighted by molar-refractivity contribution is 6.83. The molecule has 2 aromatic heterocycles. The molecule has 0 saturated carbocycles. The van der Waals surface area contributed by atoms with Gasteiger partial charge >= 0.3 is 11.4 Å². The summed E-state index contributed by atoms with van der Waals surface area (Å²) in [4.78, 5) is 51.3. The SMILES string of the molecule is C.C.C.C#[13C]c1cn([C@H]2C[C@@H](O)[C@@H](CO)O2)c(=O)[nH]c1=O.CC[C@H]1O[C@@H](n2cc([13C]#C[Si](C)(C)C)c(=O)[nH]c2=O)C[C@H]1C. The van der Waals surface area contributed by atoms with Crippen LogP contribution in [0.4, 0.5) is 0 Å². The lowest BCUT2D eigenvalue weighted by Crippen LogP contribution is -2.33. The van der Waals surface area contributed by atoms with Gasteiger partial charge in [-0.05, 0) is 18.8 Å². The number of H-pyrrole nitrogens is 2. The third kappa shape index (κ3) is 9.78. The average molecular weight is 623 g/mol. The van der Waals surface area contributed by atoms with Crippen LogP contribution in [0.1, 0.15) is 79.0 Å². The predicted octanol–water partition coefficient (Wildman–Crippen LogP) is 2.17. The second kappa shape index (κ2) is 16.4. The van der Waals surface area contributed by atoms with E-state index in [1.54, 1.807) is 6.20 Å². The summed E-state index contributed by atoms with van der Waals surface area (Å²) in [7, 11) is -1.59. The van der Waals surface area contributed by atoms with E-state index >= 15 is 0 Å². The molecule has 43 heavy (non-hydrogen) atoms. The Balaban J connectivity index is 0.000000779. The van der Waals surface area contributed by atoms with Gasteiger partial charge < -0.3 is 19.7 Å². The highest BCUT2D eigenvalue weighted by Gasteiger charge is 2.35. The first kappa shape index (κ1) is 39.5. The summed E-state index contributed by atoms with van der Waals surface area (Å²) < 4.78 is 13.8. The summed E-state index contributed by atoms with van der Waals surface area (Å²) in [5.41, 5.74) is 1.32. The minimum Gasteiger partial charge on any atom is -0.394 e. The maximum Gasteiger partial charge on any atom is 0.330 e. The summed E-state index contributed by atoms with van der Waals surface area (Å²) in [6.07, 6.45) is 7.17. The van der Waals surface area contributed by atoms with Gasteiger partial charge in [-0.2, -0.15) is 0 Å². The minimum atomic E-state index is -1.59. The quantitative estimate of drug-likeness (QED) is 0.229. The van der Waals surface area contributed by atoms with E-state index in [0.29, 0.717) is 11.5 Å². The fraction of sp³-hybridized carbons (Fsp3) is 0.600. The van der Waals surface area contributed by atoms with Gasteiger partial charge in [-0.15, -0.1) is 12.0 Å². The molecule has 2 aromatic rings. The third-order valence-corrected chi connectivity index (χ3v) is 7.49. The molecule has 12 nitrogen and oxygen atoms in total. The summed E-state index contributed by atoms with van der Waals surface area (Å²) in [6.45, 7) is 10.2. The van der Waals surface area contributed by atoms with Gasteiger partial charge in [0.05, 0.1) is 18.8 Å². The van der Waals surface area contributed by atoms with Crippen LogP contribution in [-0.4, -0.2) is 62.3 Å². The molecular weight excluding hydrogens is 574 g/mol. The molecule has 0 aromatic carbocycles. The predicted molar refractivity (Wildman–Crippen MR) is 171 cm³/mol. The molecule has 2 saturated heterocycles. The van der Waals surface area contributed by atoms with E-state index in [1.807, 2.05) is 0 Å². The molecule has 0 radical (unpaired) electrons. The van der Waals surface area contributed by atoms with Crippen molar-refractivity contribution < 1.29 is 19.7 Å². The van der Waals surface area contributed by atoms with Gasteiger partial charge in [0.15, 0.2) is 0 Å². The molecule has 2 aliphatic heterocycles. The zero-order valence-electron chi connectivity index (χ0n) is 23.3. The molecule has 0 bridgehead atoms. The van der Waals surface area contributed by atoms with E-state index in [0.717, 1.165) is 17.4 Å². The number of nitrogens with one attached hydrogen (secondary N) is 2. The molecule has 13 heteroatoms. The normalized spacial score (nSPS) is 24.0. The lowest BCUT2D eigenvalue weighted by atomic mass is 10.0. The number of rotatable bonds is 4. The molecule has 4 rings (SSSR count). The molecular formula is C30H48N4O8Si. The monoisotopic (exact) mass is 622 g/mol. The Labute approximate surface area is 254 Å². The standard InChI is InChI=1S/C16H24N2O3Si.C11H12N2O5.3CH4/c1-6-13-11(2)9-14(21-13)18-10-12(7-8-22(3,4)5)15(19)17-16(18)20;1-2-6-4-13(11(17)12-10(6)16)9-3-7(15)8(5-14)18-9;;;/h10-11,13-14H,6,9H2,1-5H3,(H,17,19,20);1,4,7-9,14-15H,3,5H2,(H,12,16,17);3*1H4/t11-,13-,14-;7-,8-,9-;;;/m11.../s1/i7+1;2+1;;;. The zero-order chi connectivity index (χ0) is 29.8. The van der Waals surface area contributed by atoms with Crippen molar-refractivity contribution in [3.8, 4) is 23.8 Å². The van der Waals surface area contributed by atoms with Gasteiger partial charge in [-0.25, -0.2) is 9.59 Å². The first-order chi connectivity index (χ1) is 18.8. The summed E-state index contributed by atoms with van der Waals surface area (Å²) in [5, 5.41) is 18.5. The second-order valence-corrected chi connectivity index (χ2v) is 15.7. The van der Waals surface area contributed by atoms with E-state index in [-0.39, 0.29) is 53.2 Å². The van der Waals surface area contributed by atoms with Crippen LogP contribution >= 0.6 is 0 Å². The van der Waals surface area contributed by atoms with Crippen LogP contribution < -0.4 is 22.5 Å². The Morgan fingerprint density at radius 1 is 0.930 bits per heavy atom. The largest absolute Gasteiger partial charge is 0.394 e. The van der Waals surface area contributed by atoms with Crippen molar-refractivity contribution in [2.24, 2.45) is 5.92 Å². The first-order valence-corrected chi connectivity index (χ1v) is 16.6. The van der Waals surface area contributed by atoms with Crippen LogP contribution in [0.25, 0.3) is 0 Å². The Morgan fingerprint density at radius 3 is 1.86 bits per heavy atom. The number of terminal acetylenes is 1. The molecule has 2 aliphatic rings. The van der Waals surface area contributed by atoms with Gasteiger partial charge in [-0.3, -0.25) is 28.7 Å². The molecule has 4 heterocycles. The summed E-state index contributed by atoms with van der Waals surface area (Å²) in [6, 6.07) is 0. The maximum absolute atomic E-state index is 12.1. The van der Waals surface area contributed by atoms with Gasteiger partial charge in [-0.1, -0.05) is 67.6 Å². The second-order valence-electron chi connectivity index (χ2n) is 10.9. The number of hydrogen-bond acceptors (Lipinski definition) is 8. The smallest absolute Gasteiger partial charge is 0.330 e. The van der Waals surface area contributed by atoms with Crippen LogP contribution in [0.3, 0.4) is 0 Å². The summed E-state index contributed by atoms with van der Waals surface area (Å²) >= 11 is 0. The van der Waals surface area contributed by atoms with Crippen molar-refractivity contribution in [1.29, 1.82) is 0 Å². The fourth-order valence-corrected chi connectivity index (χ4v) is 4.94. The number of ether oxygens (including phenoxy) is 2. The molecule has 0 spiro atoms. The minimum absolute atomic E-state index is 0. The van der Waals surface area contributed by atoms with Crippen LogP contribution in [0.15, 0.2) is 31.6 Å². The van der Waals surface area contributed by atoms with E-state index in [2.05, 4.69) is 60.8 Å². The highest BCUT2D eigenvalue weighted by Crippen LogP contribution is 2.33. The molecule has 240 valence electrons. The van der Waals surface area contributed by atoms with Gasteiger partial charge in [0.25, 0.3) is 11.1 Å². The molecule has 0 amide bonds. The molecule has 2 fully saturated rings. The number of nitrogens with zero attached hydrogens (tertiary/aromatic N) is 2. The van der Waals surface area contributed by atoms with E-state index in [1.165, 1.54) is 10.8 Å². The van der Waals surface area contributed by atoms with Crippen molar-refractivity contribution in [3.63, 3.8) is 0 Å². The van der Waals surface area contributed by atoms with E-state index in [9.17, 15) is 24.3 Å². The Hall–Kier alpha value is -3.46. The average Bonchev–Trinajstić information content (AvgIpc) is 3.44. The van der Waals surface area contributed by atoms with Gasteiger partial charge in [0.1, 0.15) is 37.8 Å². The first-order valence-electron chi connectivity index (χ1n) is 13.1. The number of aromatic amines is 2. The number of aromatic nitrogens is 4. The van der Waals surface area contributed by atoms with Crippen molar-refractivity contribution in [2.45, 2.75) is 106 Å². The maximum atomic E-state index is 12.1. The van der Waals surface area contributed by atoms with Crippen LogP contribution in [0.2, 0.25) is 19.6 Å². The van der Waals surface area contributed by atoms with Crippen LogP contribution in [0, 0.1) is 29.7 Å². The van der Waals surface area contributed by atoms with Crippen LogP contribution in [0.5, 0.6) is 0 Å². The summed E-state index contributed by atoms with van der Waals surface area (Å²) in [5.74, 6) is 5.48. The Kier molecular flexibility index (Phi) is 15.1. The van der Waals surface area contributed by atoms with Crippen molar-refractivity contribution in [3.05, 3.63) is 65.2 Å². The fourth-order valence-electron chi connectivity index (χ4n) is 4.43. The molecule has 6 atom stereocenters. The molecule has 0 aliphatic carbocycles. The molecule has 4 N–H and O–H groups in total. The zero-order valence-corrected chi connectivity index (χ0v) is 24.3. The van der Waals surface area contributed by atoms with Crippen molar-refractivity contribution in [2.75, 3.05) is 6.61 Å². The third-order valence-electron chi connectivity index (χ3n) is 6.61. The Bertz CT molecular complexity index is 1550.